The van der Waals surface area contributed by atoms with Gasteiger partial charge in [0.25, 0.3) is 0 Å². The molecule has 0 bridgehead atoms. The number of carboxylic acid groups (broad SMARTS) is 1. The van der Waals surface area contributed by atoms with Crippen LogP contribution in [0.2, 0.25) is 0 Å². The molecule has 1 N–H and O–H groups in total. The van der Waals surface area contributed by atoms with E-state index in [9.17, 15) is 9.18 Å². The lowest BCUT2D eigenvalue weighted by atomic mass is 10.2. The highest BCUT2D eigenvalue weighted by atomic mass is 19.1. The SMILES string of the molecule is O=C(O)C1CCCN1c1ccc(F)cn1. The van der Waals surface area contributed by atoms with E-state index < -0.39 is 17.8 Å². The van der Waals surface area contributed by atoms with Crippen LogP contribution in [0.25, 0.3) is 0 Å². The van der Waals surface area contributed by atoms with Crippen molar-refractivity contribution in [3.05, 3.63) is 24.1 Å². The summed E-state index contributed by atoms with van der Waals surface area (Å²) in [4.78, 5) is 16.5. The molecule has 0 saturated carbocycles. The Morgan fingerprint density at radius 1 is 1.60 bits per heavy atom. The van der Waals surface area contributed by atoms with Crippen LogP contribution in [0.1, 0.15) is 12.8 Å². The molecule has 0 spiro atoms. The molecule has 2 heterocycles. The molecule has 0 aromatic carbocycles. The molecule has 1 fully saturated rings. The summed E-state index contributed by atoms with van der Waals surface area (Å²) in [6, 6.07) is 2.28. The summed E-state index contributed by atoms with van der Waals surface area (Å²) in [5.74, 6) is -0.732. The second-order valence-electron chi connectivity index (χ2n) is 3.52. The van der Waals surface area contributed by atoms with Crippen molar-refractivity contribution in [3.63, 3.8) is 0 Å². The van der Waals surface area contributed by atoms with Crippen molar-refractivity contribution in [2.24, 2.45) is 0 Å². The normalized spacial score (nSPS) is 20.6. The second kappa shape index (κ2) is 3.84. The molecule has 1 unspecified atom stereocenters. The number of nitrogens with zero attached hydrogens (tertiary/aromatic N) is 2. The number of pyridine rings is 1. The third kappa shape index (κ3) is 1.91. The topological polar surface area (TPSA) is 53.4 Å². The van der Waals surface area contributed by atoms with Crippen molar-refractivity contribution in [3.8, 4) is 0 Å². The van der Waals surface area contributed by atoms with Gasteiger partial charge in [0.15, 0.2) is 0 Å². The van der Waals surface area contributed by atoms with Crippen LogP contribution >= 0.6 is 0 Å². The first kappa shape index (κ1) is 9.89. The molecule has 1 aromatic heterocycles. The Bertz CT molecular complexity index is 366. The highest BCUT2D eigenvalue weighted by Gasteiger charge is 2.31. The van der Waals surface area contributed by atoms with E-state index in [4.69, 9.17) is 5.11 Å². The van der Waals surface area contributed by atoms with Gasteiger partial charge in [0.1, 0.15) is 17.7 Å². The monoisotopic (exact) mass is 210 g/mol. The van der Waals surface area contributed by atoms with Crippen LogP contribution in [-0.2, 0) is 4.79 Å². The molecule has 0 radical (unpaired) electrons. The van der Waals surface area contributed by atoms with Gasteiger partial charge in [-0.15, -0.1) is 0 Å². The molecule has 1 aliphatic heterocycles. The summed E-state index contributed by atoms with van der Waals surface area (Å²) in [6.07, 6.45) is 2.55. The molecular weight excluding hydrogens is 199 g/mol. The number of halogens is 1. The second-order valence-corrected chi connectivity index (χ2v) is 3.52. The van der Waals surface area contributed by atoms with Crippen molar-refractivity contribution in [1.29, 1.82) is 0 Å². The molecule has 4 nitrogen and oxygen atoms in total. The number of anilines is 1. The van der Waals surface area contributed by atoms with Crippen molar-refractivity contribution in [2.45, 2.75) is 18.9 Å². The summed E-state index contributed by atoms with van der Waals surface area (Å²) in [7, 11) is 0. The molecule has 1 aliphatic rings. The average molecular weight is 210 g/mol. The number of aromatic nitrogens is 1. The first-order valence-electron chi connectivity index (χ1n) is 4.79. The summed E-state index contributed by atoms with van der Waals surface area (Å²) in [5, 5.41) is 8.96. The summed E-state index contributed by atoms with van der Waals surface area (Å²) in [6.45, 7) is 0.662. The molecule has 5 heteroatoms. The third-order valence-electron chi connectivity index (χ3n) is 2.54. The Morgan fingerprint density at radius 3 is 3.00 bits per heavy atom. The summed E-state index contributed by atoms with van der Waals surface area (Å²) < 4.78 is 12.6. The molecule has 1 aromatic rings. The van der Waals surface area contributed by atoms with E-state index in [0.717, 1.165) is 12.6 Å². The van der Waals surface area contributed by atoms with E-state index in [1.54, 1.807) is 4.90 Å². The highest BCUT2D eigenvalue weighted by Crippen LogP contribution is 2.23. The lowest BCUT2D eigenvalue weighted by molar-refractivity contribution is -0.138. The maximum atomic E-state index is 12.6. The lowest BCUT2D eigenvalue weighted by Gasteiger charge is -2.22. The van der Waals surface area contributed by atoms with E-state index in [2.05, 4.69) is 4.98 Å². The smallest absolute Gasteiger partial charge is 0.326 e. The maximum absolute atomic E-state index is 12.6. The molecule has 15 heavy (non-hydrogen) atoms. The molecule has 80 valence electrons. The largest absolute Gasteiger partial charge is 0.480 e. The van der Waals surface area contributed by atoms with E-state index >= 15 is 0 Å². The quantitative estimate of drug-likeness (QED) is 0.798. The van der Waals surface area contributed by atoms with Gasteiger partial charge < -0.3 is 10.0 Å². The van der Waals surface area contributed by atoms with Crippen LogP contribution in [0.4, 0.5) is 10.2 Å². The van der Waals surface area contributed by atoms with Crippen molar-refractivity contribution in [1.82, 2.24) is 4.98 Å². The van der Waals surface area contributed by atoms with Crippen LogP contribution < -0.4 is 4.90 Å². The highest BCUT2D eigenvalue weighted by molar-refractivity contribution is 5.78. The van der Waals surface area contributed by atoms with Crippen LogP contribution in [-0.4, -0.2) is 28.6 Å². The summed E-state index contributed by atoms with van der Waals surface area (Å²) >= 11 is 0. The zero-order valence-corrected chi connectivity index (χ0v) is 8.06. The van der Waals surface area contributed by atoms with Crippen molar-refractivity contribution >= 4 is 11.8 Å². The molecule has 1 atom stereocenters. The van der Waals surface area contributed by atoms with E-state index in [1.807, 2.05) is 0 Å². The molecule has 0 aliphatic carbocycles. The van der Waals surface area contributed by atoms with E-state index in [-0.39, 0.29) is 0 Å². The van der Waals surface area contributed by atoms with Crippen molar-refractivity contribution in [2.75, 3.05) is 11.4 Å². The molecular formula is C10H11FN2O2. The Labute approximate surface area is 86.4 Å². The van der Waals surface area contributed by atoms with Gasteiger partial charge in [0.05, 0.1) is 6.20 Å². The van der Waals surface area contributed by atoms with E-state index in [1.165, 1.54) is 12.1 Å². The zero-order valence-electron chi connectivity index (χ0n) is 8.06. The fourth-order valence-corrected chi connectivity index (χ4v) is 1.84. The number of aliphatic carboxylic acids is 1. The molecule has 1 saturated heterocycles. The Kier molecular flexibility index (Phi) is 2.53. The predicted octanol–water partition coefficient (Wildman–Crippen LogP) is 1.27. The number of hydrogen-bond donors (Lipinski definition) is 1. The fourth-order valence-electron chi connectivity index (χ4n) is 1.84. The minimum absolute atomic E-state index is 0.412. The number of hydrogen-bond acceptors (Lipinski definition) is 3. The first-order valence-corrected chi connectivity index (χ1v) is 4.79. The van der Waals surface area contributed by atoms with Gasteiger partial charge in [0, 0.05) is 6.54 Å². The van der Waals surface area contributed by atoms with Gasteiger partial charge >= 0.3 is 5.97 Å². The van der Waals surface area contributed by atoms with Gasteiger partial charge in [0.2, 0.25) is 0 Å². The van der Waals surface area contributed by atoms with Crippen LogP contribution in [0.3, 0.4) is 0 Å². The van der Waals surface area contributed by atoms with Crippen LogP contribution in [0.5, 0.6) is 0 Å². The van der Waals surface area contributed by atoms with Gasteiger partial charge in [-0.3, -0.25) is 0 Å². The predicted molar refractivity (Wildman–Crippen MR) is 52.2 cm³/mol. The Hall–Kier alpha value is -1.65. The van der Waals surface area contributed by atoms with Gasteiger partial charge in [-0.25, -0.2) is 14.2 Å². The van der Waals surface area contributed by atoms with Gasteiger partial charge in [-0.1, -0.05) is 0 Å². The Balaban J connectivity index is 2.22. The maximum Gasteiger partial charge on any atom is 0.326 e. The van der Waals surface area contributed by atoms with Crippen molar-refractivity contribution < 1.29 is 14.3 Å². The fraction of sp³-hybridized carbons (Fsp3) is 0.400. The lowest BCUT2D eigenvalue weighted by Crippen LogP contribution is -2.36. The van der Waals surface area contributed by atoms with Gasteiger partial charge in [-0.2, -0.15) is 0 Å². The average Bonchev–Trinajstić information content (AvgIpc) is 2.67. The van der Waals surface area contributed by atoms with Gasteiger partial charge in [-0.05, 0) is 25.0 Å². The first-order chi connectivity index (χ1) is 7.18. The zero-order chi connectivity index (χ0) is 10.8. The minimum Gasteiger partial charge on any atom is -0.480 e. The molecule has 0 amide bonds. The third-order valence-corrected chi connectivity index (χ3v) is 2.54. The molecule has 2 rings (SSSR count). The van der Waals surface area contributed by atoms with Crippen LogP contribution in [0.15, 0.2) is 18.3 Å². The van der Waals surface area contributed by atoms with Crippen LogP contribution in [0, 0.1) is 5.82 Å². The number of rotatable bonds is 2. The number of carbonyl (C=O) groups is 1. The Morgan fingerprint density at radius 2 is 2.40 bits per heavy atom. The summed E-state index contributed by atoms with van der Waals surface area (Å²) in [5.41, 5.74) is 0. The van der Waals surface area contributed by atoms with E-state index in [0.29, 0.717) is 18.8 Å². The minimum atomic E-state index is -0.848. The standard InChI is InChI=1S/C10H11FN2O2/c11-7-3-4-9(12-6-7)13-5-1-2-8(13)10(14)15/h3-4,6,8H,1-2,5H2,(H,14,15). The number of carboxylic acids is 1.